The molecule has 0 aliphatic carbocycles. The summed E-state index contributed by atoms with van der Waals surface area (Å²) in [5, 5.41) is 8.28. The van der Waals surface area contributed by atoms with Gasteiger partial charge in [0.25, 0.3) is 0 Å². The van der Waals surface area contributed by atoms with E-state index in [2.05, 4.69) is 20.7 Å². The summed E-state index contributed by atoms with van der Waals surface area (Å²) >= 11 is 0. The normalized spacial score (nSPS) is 31.4. The lowest BCUT2D eigenvalue weighted by Crippen LogP contribution is -2.52. The van der Waals surface area contributed by atoms with Crippen LogP contribution in [-0.4, -0.2) is 24.2 Å². The van der Waals surface area contributed by atoms with Crippen LogP contribution < -0.4 is 5.43 Å². The zero-order chi connectivity index (χ0) is 13.3. The van der Waals surface area contributed by atoms with Crippen LogP contribution in [0.5, 0.6) is 0 Å². The Morgan fingerprint density at radius 1 is 1.26 bits per heavy atom. The second-order valence-corrected chi connectivity index (χ2v) is 5.48. The fourth-order valence-corrected chi connectivity index (χ4v) is 3.04. The van der Waals surface area contributed by atoms with Crippen molar-refractivity contribution >= 4 is 0 Å². The van der Waals surface area contributed by atoms with E-state index < -0.39 is 5.54 Å². The second kappa shape index (κ2) is 4.89. The van der Waals surface area contributed by atoms with Crippen LogP contribution in [0.4, 0.5) is 4.39 Å². The van der Waals surface area contributed by atoms with Crippen LogP contribution >= 0.6 is 0 Å². The molecule has 19 heavy (non-hydrogen) atoms. The van der Waals surface area contributed by atoms with Crippen molar-refractivity contribution in [2.45, 2.75) is 37.9 Å². The molecule has 0 bridgehead atoms. The molecule has 3 rings (SSSR count). The van der Waals surface area contributed by atoms with Crippen molar-refractivity contribution in [1.82, 2.24) is 10.3 Å². The van der Waals surface area contributed by atoms with Gasteiger partial charge in [0, 0.05) is 18.7 Å². The Kier molecular flexibility index (Phi) is 3.22. The lowest BCUT2D eigenvalue weighted by molar-refractivity contribution is 0.109. The van der Waals surface area contributed by atoms with E-state index in [9.17, 15) is 4.39 Å². The second-order valence-electron chi connectivity index (χ2n) is 5.48. The lowest BCUT2D eigenvalue weighted by atomic mass is 9.88. The molecule has 2 heterocycles. The molecule has 1 N–H and O–H groups in total. The Hall–Kier alpha value is -1.49. The molecule has 1 saturated heterocycles. The number of likely N-dealkylation sites (tertiary alicyclic amines) is 1. The summed E-state index contributed by atoms with van der Waals surface area (Å²) in [6.07, 6.45) is 3.51. The van der Waals surface area contributed by atoms with Crippen LogP contribution in [0.25, 0.3) is 0 Å². The molecule has 1 fully saturated rings. The smallest absolute Gasteiger partial charge is 0.154 e. The molecule has 0 aromatic heterocycles. The predicted octanol–water partition coefficient (Wildman–Crippen LogP) is 2.82. The number of benzene rings is 1. The molecule has 1 aromatic rings. The van der Waals surface area contributed by atoms with Crippen molar-refractivity contribution in [2.24, 2.45) is 10.3 Å². The molecule has 2 aliphatic rings. The fraction of sp³-hybridized carbons (Fsp3) is 0.571. The number of halogens is 1. The highest BCUT2D eigenvalue weighted by atomic mass is 19.1. The van der Waals surface area contributed by atoms with Gasteiger partial charge in [-0.15, -0.1) is 5.11 Å². The van der Waals surface area contributed by atoms with Gasteiger partial charge in [-0.25, -0.2) is 4.39 Å². The Morgan fingerprint density at radius 2 is 2.00 bits per heavy atom. The quantitative estimate of drug-likeness (QED) is 0.890. The minimum absolute atomic E-state index is 0.121. The van der Waals surface area contributed by atoms with Crippen molar-refractivity contribution in [3.05, 3.63) is 35.6 Å². The fourth-order valence-electron chi connectivity index (χ4n) is 3.04. The number of hydrogen-bond donors (Lipinski definition) is 1. The highest BCUT2D eigenvalue weighted by Crippen LogP contribution is 2.35. The van der Waals surface area contributed by atoms with E-state index in [1.165, 1.54) is 25.3 Å². The first-order valence-corrected chi connectivity index (χ1v) is 6.88. The Bertz CT molecular complexity index is 484. The van der Waals surface area contributed by atoms with Gasteiger partial charge in [-0.05, 0) is 25.8 Å². The summed E-state index contributed by atoms with van der Waals surface area (Å²) in [6.45, 7) is 4.00. The molecule has 2 atom stereocenters. The molecule has 5 heteroatoms. The van der Waals surface area contributed by atoms with Crippen molar-refractivity contribution < 1.29 is 4.39 Å². The molecular weight excluding hydrogens is 243 g/mol. The molecule has 102 valence electrons. The molecule has 0 amide bonds. The molecular formula is C14H19FN4. The van der Waals surface area contributed by atoms with Crippen molar-refractivity contribution in [3.8, 4) is 0 Å². The summed E-state index contributed by atoms with van der Waals surface area (Å²) in [6, 6.07) is 6.88. The maximum absolute atomic E-state index is 14.1. The Balaban J connectivity index is 1.92. The van der Waals surface area contributed by atoms with Crippen LogP contribution in [0.2, 0.25) is 0 Å². The summed E-state index contributed by atoms with van der Waals surface area (Å²) in [5.74, 6) is -0.202. The molecule has 0 radical (unpaired) electrons. The predicted molar refractivity (Wildman–Crippen MR) is 71.0 cm³/mol. The van der Waals surface area contributed by atoms with Gasteiger partial charge in [0.05, 0.1) is 0 Å². The SMILES string of the molecule is CC1(c2ccccc2F)NN=NC1N1CCCCC1. The van der Waals surface area contributed by atoms with Gasteiger partial charge in [-0.2, -0.15) is 0 Å². The van der Waals surface area contributed by atoms with Crippen molar-refractivity contribution in [2.75, 3.05) is 13.1 Å². The van der Waals surface area contributed by atoms with Crippen LogP contribution in [0.1, 0.15) is 31.7 Å². The van der Waals surface area contributed by atoms with E-state index in [4.69, 9.17) is 0 Å². The minimum Gasteiger partial charge on any atom is -0.278 e. The maximum atomic E-state index is 14.1. The van der Waals surface area contributed by atoms with Crippen LogP contribution in [-0.2, 0) is 5.54 Å². The molecule has 0 spiro atoms. The summed E-state index contributed by atoms with van der Waals surface area (Å²) in [4.78, 5) is 2.31. The van der Waals surface area contributed by atoms with Crippen LogP contribution in [0.15, 0.2) is 34.6 Å². The lowest BCUT2D eigenvalue weighted by Gasteiger charge is -2.38. The highest BCUT2D eigenvalue weighted by molar-refractivity contribution is 5.28. The third-order valence-electron chi connectivity index (χ3n) is 4.14. The first-order chi connectivity index (χ1) is 9.22. The van der Waals surface area contributed by atoms with E-state index in [-0.39, 0.29) is 12.0 Å². The van der Waals surface area contributed by atoms with Crippen LogP contribution in [0, 0.1) is 5.82 Å². The Labute approximate surface area is 112 Å². The largest absolute Gasteiger partial charge is 0.278 e. The summed E-state index contributed by atoms with van der Waals surface area (Å²) < 4.78 is 14.1. The number of piperidine rings is 1. The van der Waals surface area contributed by atoms with Gasteiger partial charge >= 0.3 is 0 Å². The third kappa shape index (κ3) is 2.12. The Morgan fingerprint density at radius 3 is 2.74 bits per heavy atom. The highest BCUT2D eigenvalue weighted by Gasteiger charge is 2.45. The van der Waals surface area contributed by atoms with Gasteiger partial charge in [0.1, 0.15) is 11.4 Å². The van der Waals surface area contributed by atoms with Gasteiger partial charge < -0.3 is 0 Å². The molecule has 0 saturated carbocycles. The molecule has 2 unspecified atom stereocenters. The summed E-state index contributed by atoms with van der Waals surface area (Å²) in [7, 11) is 0. The van der Waals surface area contributed by atoms with Crippen molar-refractivity contribution in [3.63, 3.8) is 0 Å². The maximum Gasteiger partial charge on any atom is 0.154 e. The molecule has 1 aromatic carbocycles. The number of nitrogens with one attached hydrogen (secondary N) is 1. The zero-order valence-electron chi connectivity index (χ0n) is 11.1. The monoisotopic (exact) mass is 262 g/mol. The van der Waals surface area contributed by atoms with Gasteiger partial charge in [0.15, 0.2) is 6.17 Å². The average Bonchev–Trinajstić information content (AvgIpc) is 2.83. The zero-order valence-corrected chi connectivity index (χ0v) is 11.1. The first-order valence-electron chi connectivity index (χ1n) is 6.88. The van der Waals surface area contributed by atoms with Crippen molar-refractivity contribution in [1.29, 1.82) is 0 Å². The van der Waals surface area contributed by atoms with E-state index >= 15 is 0 Å². The van der Waals surface area contributed by atoms with Gasteiger partial charge in [-0.3, -0.25) is 10.3 Å². The first kappa shape index (κ1) is 12.5. The number of hydrogen-bond acceptors (Lipinski definition) is 4. The summed E-state index contributed by atoms with van der Waals surface area (Å²) in [5.41, 5.74) is 3.07. The van der Waals surface area contributed by atoms with E-state index in [1.54, 1.807) is 6.07 Å². The number of rotatable bonds is 2. The van der Waals surface area contributed by atoms with Gasteiger partial charge in [-0.1, -0.05) is 29.8 Å². The average molecular weight is 262 g/mol. The van der Waals surface area contributed by atoms with Gasteiger partial charge in [0.2, 0.25) is 0 Å². The van der Waals surface area contributed by atoms with E-state index in [1.807, 2.05) is 19.1 Å². The van der Waals surface area contributed by atoms with E-state index in [0.29, 0.717) is 5.56 Å². The molecule has 4 nitrogen and oxygen atoms in total. The minimum atomic E-state index is -0.581. The topological polar surface area (TPSA) is 40.0 Å². The standard InChI is InChI=1S/C14H19FN4/c1-14(11-7-3-4-8-12(11)15)13(16-18-17-14)19-9-5-2-6-10-19/h3-4,7-8,13H,2,5-6,9-10H2,1H3,(H,16,17). The van der Waals surface area contributed by atoms with E-state index in [0.717, 1.165) is 13.1 Å². The molecule has 2 aliphatic heterocycles. The third-order valence-corrected chi connectivity index (χ3v) is 4.14. The van der Waals surface area contributed by atoms with Crippen LogP contribution in [0.3, 0.4) is 0 Å². The number of nitrogens with zero attached hydrogens (tertiary/aromatic N) is 3.